The van der Waals surface area contributed by atoms with Crippen LogP contribution in [-0.4, -0.2) is 30.0 Å². The summed E-state index contributed by atoms with van der Waals surface area (Å²) in [6.45, 7) is 1.24. The number of thioether (sulfide) groups is 1. The third-order valence-corrected chi connectivity index (χ3v) is 5.54. The van der Waals surface area contributed by atoms with Crippen molar-refractivity contribution in [2.24, 2.45) is 5.73 Å². The van der Waals surface area contributed by atoms with Crippen LogP contribution in [0.2, 0.25) is 0 Å². The number of carbonyl (C=O) groups is 1. The summed E-state index contributed by atoms with van der Waals surface area (Å²) < 4.78 is 39.2. The Balaban J connectivity index is 2.13. The molecule has 2 aliphatic heterocycles. The highest BCUT2D eigenvalue weighted by Crippen LogP contribution is 2.56. The summed E-state index contributed by atoms with van der Waals surface area (Å²) in [5, 5.41) is 2.12. The van der Waals surface area contributed by atoms with Crippen molar-refractivity contribution < 1.29 is 18.0 Å². The summed E-state index contributed by atoms with van der Waals surface area (Å²) in [6.07, 6.45) is 1.09. The van der Waals surface area contributed by atoms with Crippen LogP contribution in [0.5, 0.6) is 0 Å². The number of nitrogens with one attached hydrogen (secondary N) is 1. The van der Waals surface area contributed by atoms with E-state index < -0.39 is 22.3 Å². The molecule has 120 valence electrons. The lowest BCUT2D eigenvalue weighted by Gasteiger charge is -2.40. The molecule has 0 radical (unpaired) electrons. The van der Waals surface area contributed by atoms with Crippen molar-refractivity contribution in [2.75, 3.05) is 18.0 Å². The molecule has 2 heterocycles. The number of urea groups is 1. The maximum atomic E-state index is 13.1. The van der Waals surface area contributed by atoms with Gasteiger partial charge in [-0.05, 0) is 49.3 Å². The van der Waals surface area contributed by atoms with E-state index in [0.29, 0.717) is 31.6 Å². The van der Waals surface area contributed by atoms with Crippen LogP contribution < -0.4 is 16.0 Å². The number of hydrogen-bond donors (Lipinski definition) is 2. The van der Waals surface area contributed by atoms with E-state index in [1.54, 1.807) is 18.2 Å². The van der Waals surface area contributed by atoms with Gasteiger partial charge in [-0.1, -0.05) is 18.2 Å². The monoisotopic (exact) mass is 331 g/mol. The fourth-order valence-corrected chi connectivity index (χ4v) is 4.69. The number of nitrogens with zero attached hydrogens (tertiary/aromatic N) is 1. The minimum atomic E-state index is -4.43. The quantitative estimate of drug-likeness (QED) is 0.832. The fourth-order valence-electron chi connectivity index (χ4n) is 3.53. The number of fused-ring (bicyclic) bond motifs is 2. The maximum Gasteiger partial charge on any atom is 0.443 e. The molecule has 2 aliphatic rings. The number of alkyl halides is 3. The van der Waals surface area contributed by atoms with Crippen LogP contribution in [0.1, 0.15) is 18.4 Å². The fraction of sp³-hybridized carbons (Fsp3) is 0.500. The summed E-state index contributed by atoms with van der Waals surface area (Å²) in [4.78, 5) is 12.9. The third-order valence-electron chi connectivity index (χ3n) is 4.39. The average Bonchev–Trinajstić information content (AvgIpc) is 2.69. The van der Waals surface area contributed by atoms with Gasteiger partial charge < -0.3 is 11.1 Å². The third kappa shape index (κ3) is 2.44. The Morgan fingerprint density at radius 1 is 1.32 bits per heavy atom. The predicted molar refractivity (Wildman–Crippen MR) is 79.7 cm³/mol. The molecule has 4 nitrogen and oxygen atoms in total. The van der Waals surface area contributed by atoms with Crippen molar-refractivity contribution in [3.8, 4) is 0 Å². The Morgan fingerprint density at radius 2 is 1.95 bits per heavy atom. The van der Waals surface area contributed by atoms with Gasteiger partial charge in [-0.25, -0.2) is 4.79 Å². The van der Waals surface area contributed by atoms with Crippen LogP contribution in [0.25, 0.3) is 0 Å². The minimum Gasteiger partial charge on any atom is -0.351 e. The zero-order chi connectivity index (χ0) is 16.0. The van der Waals surface area contributed by atoms with Crippen LogP contribution in [0.3, 0.4) is 0 Å². The van der Waals surface area contributed by atoms with Gasteiger partial charge in [0.2, 0.25) is 0 Å². The van der Waals surface area contributed by atoms with E-state index in [4.69, 9.17) is 5.73 Å². The van der Waals surface area contributed by atoms with Gasteiger partial charge in [0.25, 0.3) is 0 Å². The largest absolute Gasteiger partial charge is 0.443 e. The standard InChI is InChI=1S/C14H16F3N3OS/c15-14(16,17)22-11-13(5-7-19-8-6-13)9-3-1-2-4-10(9)20(11)12(18)21/h1-4,11,19H,5-8H2,(H2,18,21). The first-order chi connectivity index (χ1) is 10.4. The van der Waals surface area contributed by atoms with Gasteiger partial charge in [-0.2, -0.15) is 13.2 Å². The van der Waals surface area contributed by atoms with Crippen molar-refractivity contribution in [1.29, 1.82) is 0 Å². The van der Waals surface area contributed by atoms with E-state index in [1.165, 1.54) is 0 Å². The van der Waals surface area contributed by atoms with Crippen LogP contribution >= 0.6 is 11.8 Å². The lowest BCUT2D eigenvalue weighted by molar-refractivity contribution is -0.0339. The Morgan fingerprint density at radius 3 is 2.55 bits per heavy atom. The molecule has 0 aliphatic carbocycles. The molecule has 0 aromatic heterocycles. The second kappa shape index (κ2) is 5.34. The van der Waals surface area contributed by atoms with Gasteiger partial charge in [0.05, 0.1) is 5.69 Å². The highest BCUT2D eigenvalue weighted by molar-refractivity contribution is 8.00. The number of carbonyl (C=O) groups excluding carboxylic acids is 1. The molecular formula is C14H16F3N3OS. The van der Waals surface area contributed by atoms with Gasteiger partial charge in [-0.15, -0.1) is 0 Å². The Bertz CT molecular complexity index is 587. The molecule has 1 saturated heterocycles. The lowest BCUT2D eigenvalue weighted by atomic mass is 9.74. The summed E-state index contributed by atoms with van der Waals surface area (Å²) in [5.74, 6) is 0. The molecule has 1 unspecified atom stereocenters. The molecule has 1 atom stereocenters. The average molecular weight is 331 g/mol. The molecule has 3 N–H and O–H groups in total. The van der Waals surface area contributed by atoms with Crippen LogP contribution in [0.4, 0.5) is 23.7 Å². The Hall–Kier alpha value is -1.41. The van der Waals surface area contributed by atoms with E-state index in [-0.39, 0.29) is 11.8 Å². The van der Waals surface area contributed by atoms with Crippen molar-refractivity contribution in [1.82, 2.24) is 5.32 Å². The molecule has 2 amide bonds. The van der Waals surface area contributed by atoms with Gasteiger partial charge in [0, 0.05) is 5.41 Å². The predicted octanol–water partition coefficient (Wildman–Crippen LogP) is 2.79. The number of hydrogen-bond acceptors (Lipinski definition) is 3. The summed E-state index contributed by atoms with van der Waals surface area (Å²) in [6, 6.07) is 6.14. The number of primary amides is 1. The number of anilines is 1. The normalized spacial score (nSPS) is 23.6. The van der Waals surface area contributed by atoms with E-state index >= 15 is 0 Å². The van der Waals surface area contributed by atoms with E-state index in [2.05, 4.69) is 5.32 Å². The summed E-state index contributed by atoms with van der Waals surface area (Å²) >= 11 is -0.140. The van der Waals surface area contributed by atoms with Crippen molar-refractivity contribution >= 4 is 23.5 Å². The number of para-hydroxylation sites is 1. The number of nitrogens with two attached hydrogens (primary N) is 1. The molecule has 1 aromatic rings. The number of piperidine rings is 1. The molecular weight excluding hydrogens is 315 g/mol. The second-order valence-corrected chi connectivity index (χ2v) is 6.69. The molecule has 0 bridgehead atoms. The van der Waals surface area contributed by atoms with E-state index in [1.807, 2.05) is 6.07 Å². The highest BCUT2D eigenvalue weighted by Gasteiger charge is 2.56. The molecule has 3 rings (SSSR count). The van der Waals surface area contributed by atoms with E-state index in [0.717, 1.165) is 10.5 Å². The topological polar surface area (TPSA) is 58.4 Å². The summed E-state index contributed by atoms with van der Waals surface area (Å²) in [5.41, 5.74) is 1.55. The van der Waals surface area contributed by atoms with Crippen molar-refractivity contribution in [2.45, 2.75) is 29.1 Å². The van der Waals surface area contributed by atoms with Crippen LogP contribution in [0, 0.1) is 0 Å². The van der Waals surface area contributed by atoms with E-state index in [9.17, 15) is 18.0 Å². The van der Waals surface area contributed by atoms with Crippen LogP contribution in [-0.2, 0) is 5.41 Å². The number of halogens is 3. The molecule has 1 fully saturated rings. The summed E-state index contributed by atoms with van der Waals surface area (Å²) in [7, 11) is 0. The van der Waals surface area contributed by atoms with Gasteiger partial charge in [0.1, 0.15) is 5.37 Å². The Labute approximate surface area is 130 Å². The van der Waals surface area contributed by atoms with Crippen LogP contribution in [0.15, 0.2) is 24.3 Å². The molecule has 1 aromatic carbocycles. The maximum absolute atomic E-state index is 13.1. The molecule has 8 heteroatoms. The van der Waals surface area contributed by atoms with Gasteiger partial charge >= 0.3 is 11.5 Å². The SMILES string of the molecule is NC(=O)N1c2ccccc2C2(CCNCC2)C1SC(F)(F)F. The zero-order valence-corrected chi connectivity index (χ0v) is 12.5. The molecule has 1 spiro atoms. The Kier molecular flexibility index (Phi) is 3.76. The number of benzene rings is 1. The van der Waals surface area contributed by atoms with Crippen molar-refractivity contribution in [3.63, 3.8) is 0 Å². The molecule has 0 saturated carbocycles. The van der Waals surface area contributed by atoms with Crippen molar-refractivity contribution in [3.05, 3.63) is 29.8 Å². The van der Waals surface area contributed by atoms with Gasteiger partial charge in [0.15, 0.2) is 0 Å². The number of rotatable bonds is 1. The minimum absolute atomic E-state index is 0.140. The lowest BCUT2D eigenvalue weighted by Crippen LogP contribution is -2.52. The molecule has 22 heavy (non-hydrogen) atoms. The highest BCUT2D eigenvalue weighted by atomic mass is 32.2. The van der Waals surface area contributed by atoms with Gasteiger partial charge in [-0.3, -0.25) is 4.90 Å². The first kappa shape index (κ1) is 15.5. The first-order valence-electron chi connectivity index (χ1n) is 6.99. The first-order valence-corrected chi connectivity index (χ1v) is 7.86. The zero-order valence-electron chi connectivity index (χ0n) is 11.7. The smallest absolute Gasteiger partial charge is 0.351 e. The second-order valence-electron chi connectivity index (χ2n) is 5.55. The number of amides is 2.